The Labute approximate surface area is 190 Å². The number of amides is 1. The van der Waals surface area contributed by atoms with E-state index in [0.717, 1.165) is 65.4 Å². The number of aromatic hydroxyl groups is 1. The fraction of sp³-hybridized carbons (Fsp3) is 0.435. The van der Waals surface area contributed by atoms with Gasteiger partial charge in [0.25, 0.3) is 0 Å². The van der Waals surface area contributed by atoms with Gasteiger partial charge in [0.2, 0.25) is 5.91 Å². The van der Waals surface area contributed by atoms with Crippen LogP contribution in [0.15, 0.2) is 30.3 Å². The highest BCUT2D eigenvalue weighted by atomic mass is 32.1. The number of carbonyl (C=O) groups is 1. The van der Waals surface area contributed by atoms with E-state index in [1.54, 1.807) is 29.5 Å². The highest BCUT2D eigenvalue weighted by Crippen LogP contribution is 2.36. The normalized spacial score (nSPS) is 20.0. The summed E-state index contributed by atoms with van der Waals surface area (Å²) in [4.78, 5) is 27.3. The van der Waals surface area contributed by atoms with Gasteiger partial charge >= 0.3 is 0 Å². The van der Waals surface area contributed by atoms with Gasteiger partial charge in [-0.25, -0.2) is 9.97 Å². The molecule has 4 heterocycles. The molecular weight excluding hydrogens is 426 g/mol. The Bertz CT molecular complexity index is 1130. The van der Waals surface area contributed by atoms with Crippen molar-refractivity contribution < 1.29 is 14.6 Å². The molecule has 3 aromatic rings. The van der Waals surface area contributed by atoms with Gasteiger partial charge in [0.15, 0.2) is 11.6 Å². The number of phenols is 1. The van der Waals surface area contributed by atoms with E-state index in [2.05, 4.69) is 15.9 Å². The van der Waals surface area contributed by atoms with Crippen LogP contribution in [-0.2, 0) is 16.1 Å². The maximum absolute atomic E-state index is 11.9. The summed E-state index contributed by atoms with van der Waals surface area (Å²) in [6.45, 7) is 4.43. The van der Waals surface area contributed by atoms with Crippen molar-refractivity contribution in [1.29, 1.82) is 0 Å². The van der Waals surface area contributed by atoms with E-state index in [4.69, 9.17) is 20.4 Å². The van der Waals surface area contributed by atoms with Crippen LogP contribution in [-0.4, -0.2) is 64.8 Å². The number of carbonyl (C=O) groups excluding carboxylic acids is 1. The molecule has 0 bridgehead atoms. The lowest BCUT2D eigenvalue weighted by atomic mass is 10.0. The van der Waals surface area contributed by atoms with Crippen molar-refractivity contribution in [3.8, 4) is 17.1 Å². The van der Waals surface area contributed by atoms with Crippen LogP contribution >= 0.6 is 11.3 Å². The number of benzene rings is 1. The molecule has 2 fully saturated rings. The molecule has 2 aliphatic heterocycles. The Morgan fingerprint density at radius 3 is 2.81 bits per heavy atom. The Balaban J connectivity index is 1.54. The number of anilines is 1. The molecule has 32 heavy (non-hydrogen) atoms. The van der Waals surface area contributed by atoms with Gasteiger partial charge in [-0.05, 0) is 37.6 Å². The molecule has 1 unspecified atom stereocenters. The van der Waals surface area contributed by atoms with E-state index in [0.29, 0.717) is 25.6 Å². The number of fused-ring (bicyclic) bond motifs is 1. The minimum Gasteiger partial charge on any atom is -0.508 e. The maximum Gasteiger partial charge on any atom is 0.234 e. The number of aromatic nitrogens is 2. The first kappa shape index (κ1) is 21.1. The molecule has 0 spiro atoms. The summed E-state index contributed by atoms with van der Waals surface area (Å²) in [7, 11) is 0. The third kappa shape index (κ3) is 4.28. The van der Waals surface area contributed by atoms with Gasteiger partial charge in [0.1, 0.15) is 5.75 Å². The van der Waals surface area contributed by atoms with Crippen molar-refractivity contribution in [2.45, 2.75) is 31.8 Å². The predicted octanol–water partition coefficient (Wildman–Crippen LogP) is 2.74. The SMILES string of the molecule is NC(=O)C1CCCCN1Cc1cc2nc(-c3cccc(O)c3)nc(N3CCOCC3)c2s1. The summed E-state index contributed by atoms with van der Waals surface area (Å²) < 4.78 is 6.58. The number of ether oxygens (including phenoxy) is 1. The number of hydrogen-bond acceptors (Lipinski definition) is 8. The van der Waals surface area contributed by atoms with Crippen LogP contribution in [0, 0.1) is 0 Å². The van der Waals surface area contributed by atoms with E-state index in [1.807, 2.05) is 6.07 Å². The Kier molecular flexibility index (Phi) is 5.95. The molecule has 2 aromatic heterocycles. The summed E-state index contributed by atoms with van der Waals surface area (Å²) in [5.74, 6) is 1.43. The minimum atomic E-state index is -0.245. The molecular formula is C23H27N5O3S. The van der Waals surface area contributed by atoms with Crippen LogP contribution in [0.1, 0.15) is 24.1 Å². The predicted molar refractivity (Wildman–Crippen MR) is 125 cm³/mol. The van der Waals surface area contributed by atoms with Crippen LogP contribution < -0.4 is 10.6 Å². The van der Waals surface area contributed by atoms with Gasteiger partial charge < -0.3 is 20.5 Å². The Hall–Kier alpha value is -2.75. The zero-order chi connectivity index (χ0) is 22.1. The molecule has 0 radical (unpaired) electrons. The maximum atomic E-state index is 11.9. The van der Waals surface area contributed by atoms with Crippen molar-refractivity contribution >= 4 is 33.3 Å². The number of nitrogens with zero attached hydrogens (tertiary/aromatic N) is 4. The molecule has 8 nitrogen and oxygen atoms in total. The fourth-order valence-corrected chi connectivity index (χ4v) is 5.65. The lowest BCUT2D eigenvalue weighted by Crippen LogP contribution is -2.46. The zero-order valence-corrected chi connectivity index (χ0v) is 18.7. The smallest absolute Gasteiger partial charge is 0.234 e. The number of rotatable bonds is 5. The second-order valence-electron chi connectivity index (χ2n) is 8.33. The molecule has 2 saturated heterocycles. The summed E-state index contributed by atoms with van der Waals surface area (Å²) in [5.41, 5.74) is 7.32. The number of thiophene rings is 1. The molecule has 0 aliphatic carbocycles. The van der Waals surface area contributed by atoms with Crippen LogP contribution in [0.4, 0.5) is 5.82 Å². The molecule has 1 aromatic carbocycles. The number of nitrogens with two attached hydrogens (primary N) is 1. The average molecular weight is 454 g/mol. The van der Waals surface area contributed by atoms with Gasteiger partial charge in [-0.2, -0.15) is 0 Å². The zero-order valence-electron chi connectivity index (χ0n) is 17.9. The van der Waals surface area contributed by atoms with Crippen molar-refractivity contribution in [2.75, 3.05) is 37.7 Å². The van der Waals surface area contributed by atoms with Crippen molar-refractivity contribution in [2.24, 2.45) is 5.73 Å². The summed E-state index contributed by atoms with van der Waals surface area (Å²) in [6.07, 6.45) is 2.94. The standard InChI is InChI=1S/C23H27N5O3S/c24-21(30)19-6-1-2-7-28(19)14-17-13-18-20(32-17)23(27-8-10-31-11-9-27)26-22(25-18)15-4-3-5-16(29)12-15/h3-5,12-13,19,29H,1-2,6-11,14H2,(H2,24,30). The van der Waals surface area contributed by atoms with Crippen LogP contribution in [0.25, 0.3) is 21.6 Å². The van der Waals surface area contributed by atoms with Gasteiger partial charge in [0.05, 0.1) is 29.5 Å². The summed E-state index contributed by atoms with van der Waals surface area (Å²) >= 11 is 1.68. The summed E-state index contributed by atoms with van der Waals surface area (Å²) in [6, 6.07) is 8.92. The van der Waals surface area contributed by atoms with Crippen molar-refractivity contribution in [1.82, 2.24) is 14.9 Å². The van der Waals surface area contributed by atoms with Gasteiger partial charge in [0, 0.05) is 30.1 Å². The Morgan fingerprint density at radius 2 is 2.03 bits per heavy atom. The Morgan fingerprint density at radius 1 is 1.19 bits per heavy atom. The molecule has 168 valence electrons. The topological polar surface area (TPSA) is 105 Å². The van der Waals surface area contributed by atoms with Crippen LogP contribution in [0.5, 0.6) is 5.75 Å². The van der Waals surface area contributed by atoms with E-state index < -0.39 is 0 Å². The number of piperidine rings is 1. The molecule has 1 amide bonds. The molecule has 9 heteroatoms. The highest BCUT2D eigenvalue weighted by molar-refractivity contribution is 7.19. The highest BCUT2D eigenvalue weighted by Gasteiger charge is 2.28. The van der Waals surface area contributed by atoms with Crippen molar-refractivity contribution in [3.63, 3.8) is 0 Å². The van der Waals surface area contributed by atoms with E-state index in [-0.39, 0.29) is 17.7 Å². The van der Waals surface area contributed by atoms with Gasteiger partial charge in [-0.1, -0.05) is 18.6 Å². The first-order valence-electron chi connectivity index (χ1n) is 11.0. The first-order valence-corrected chi connectivity index (χ1v) is 11.9. The lowest BCUT2D eigenvalue weighted by molar-refractivity contribution is -0.124. The number of hydrogen-bond donors (Lipinski definition) is 2. The third-order valence-corrected chi connectivity index (χ3v) is 7.23. The third-order valence-electron chi connectivity index (χ3n) is 6.12. The van der Waals surface area contributed by atoms with Gasteiger partial charge in [-0.15, -0.1) is 11.3 Å². The number of primary amides is 1. The van der Waals surface area contributed by atoms with E-state index in [1.165, 1.54) is 0 Å². The largest absolute Gasteiger partial charge is 0.508 e. The minimum absolute atomic E-state index is 0.188. The van der Waals surface area contributed by atoms with Crippen LogP contribution in [0.3, 0.4) is 0 Å². The number of phenolic OH excluding ortho intramolecular Hbond substituents is 1. The second-order valence-corrected chi connectivity index (χ2v) is 9.47. The van der Waals surface area contributed by atoms with Gasteiger partial charge in [-0.3, -0.25) is 9.69 Å². The molecule has 2 aliphatic rings. The van der Waals surface area contributed by atoms with E-state index in [9.17, 15) is 9.90 Å². The second kappa shape index (κ2) is 9.01. The molecule has 0 saturated carbocycles. The van der Waals surface area contributed by atoms with E-state index >= 15 is 0 Å². The monoisotopic (exact) mass is 453 g/mol. The molecule has 5 rings (SSSR count). The quantitative estimate of drug-likeness (QED) is 0.612. The summed E-state index contributed by atoms with van der Waals surface area (Å²) in [5, 5.41) is 9.94. The average Bonchev–Trinajstić information content (AvgIpc) is 3.21. The number of morpholine rings is 1. The van der Waals surface area contributed by atoms with Crippen LogP contribution in [0.2, 0.25) is 0 Å². The first-order chi connectivity index (χ1) is 15.6. The molecule has 3 N–H and O–H groups in total. The lowest BCUT2D eigenvalue weighted by Gasteiger charge is -2.33. The number of likely N-dealkylation sites (tertiary alicyclic amines) is 1. The van der Waals surface area contributed by atoms with Crippen molar-refractivity contribution in [3.05, 3.63) is 35.2 Å². The molecule has 1 atom stereocenters. The fourth-order valence-electron chi connectivity index (χ4n) is 4.51.